The van der Waals surface area contributed by atoms with E-state index in [1.165, 1.54) is 0 Å². The van der Waals surface area contributed by atoms with Gasteiger partial charge in [-0.2, -0.15) is 0 Å². The average molecular weight is 343 g/mol. The average Bonchev–Trinajstić information content (AvgIpc) is 2.46. The van der Waals surface area contributed by atoms with E-state index in [1.807, 2.05) is 24.3 Å². The number of nitrogen functional groups attached to an aromatic ring is 1. The molecule has 128 valence electrons. The van der Waals surface area contributed by atoms with Gasteiger partial charge in [0.15, 0.2) is 0 Å². The topological polar surface area (TPSA) is 64.3 Å². The summed E-state index contributed by atoms with van der Waals surface area (Å²) in [5.41, 5.74) is 7.48. The predicted molar refractivity (Wildman–Crippen MR) is 103 cm³/mol. The third-order valence-corrected chi connectivity index (χ3v) is 8.83. The number of anilines is 2. The predicted octanol–water partition coefficient (Wildman–Crippen LogP) is 4.91. The van der Waals surface area contributed by atoms with Gasteiger partial charge in [-0.3, -0.25) is 4.79 Å². The van der Waals surface area contributed by atoms with Crippen LogP contribution in [-0.4, -0.2) is 14.2 Å². The lowest BCUT2D eigenvalue weighted by Gasteiger charge is -2.36. The quantitative estimate of drug-likeness (QED) is 0.613. The Morgan fingerprint density at radius 3 is 2.38 bits per heavy atom. The number of nitrogens with two attached hydrogens (primary N) is 1. The Morgan fingerprint density at radius 1 is 1.08 bits per heavy atom. The SMILES string of the molecule is CC(C)(C)[Si](C)(C)Oc1cccc(NC(=O)c2ccccc2N)c1. The maximum Gasteiger partial charge on any atom is 0.257 e. The normalized spacial score (nSPS) is 11.9. The number of carbonyl (C=O) groups is 1. The fourth-order valence-corrected chi connectivity index (χ4v) is 3.01. The zero-order chi connectivity index (χ0) is 18.0. The van der Waals surface area contributed by atoms with Gasteiger partial charge in [0, 0.05) is 17.4 Å². The van der Waals surface area contributed by atoms with E-state index < -0.39 is 8.32 Å². The molecule has 0 aliphatic heterocycles. The zero-order valence-corrected chi connectivity index (χ0v) is 16.0. The highest BCUT2D eigenvalue weighted by atomic mass is 28.4. The molecule has 2 rings (SSSR count). The smallest absolute Gasteiger partial charge is 0.257 e. The Labute approximate surface area is 145 Å². The highest BCUT2D eigenvalue weighted by molar-refractivity contribution is 6.74. The lowest BCUT2D eigenvalue weighted by atomic mass is 10.1. The molecule has 5 heteroatoms. The molecule has 0 saturated carbocycles. The van der Waals surface area contributed by atoms with E-state index in [-0.39, 0.29) is 10.9 Å². The van der Waals surface area contributed by atoms with Gasteiger partial charge in [0.1, 0.15) is 5.75 Å². The summed E-state index contributed by atoms with van der Waals surface area (Å²) in [5, 5.41) is 3.00. The number of hydrogen-bond acceptors (Lipinski definition) is 3. The van der Waals surface area contributed by atoms with E-state index in [0.717, 1.165) is 5.75 Å². The number of hydrogen-bond donors (Lipinski definition) is 2. The first-order valence-electron chi connectivity index (χ1n) is 8.05. The van der Waals surface area contributed by atoms with Crippen LogP contribution in [0.5, 0.6) is 5.75 Å². The van der Waals surface area contributed by atoms with Crippen molar-refractivity contribution in [2.75, 3.05) is 11.1 Å². The molecule has 0 unspecified atom stereocenters. The van der Waals surface area contributed by atoms with Gasteiger partial charge in [0.05, 0.1) is 5.56 Å². The summed E-state index contributed by atoms with van der Waals surface area (Å²) >= 11 is 0. The fraction of sp³-hybridized carbons (Fsp3) is 0.316. The van der Waals surface area contributed by atoms with E-state index in [1.54, 1.807) is 24.3 Å². The second-order valence-electron chi connectivity index (χ2n) is 7.43. The first-order chi connectivity index (χ1) is 11.1. The highest BCUT2D eigenvalue weighted by Crippen LogP contribution is 2.37. The first kappa shape index (κ1) is 18.1. The maximum atomic E-state index is 12.4. The van der Waals surface area contributed by atoms with Gasteiger partial charge in [-0.25, -0.2) is 0 Å². The number of benzene rings is 2. The maximum absolute atomic E-state index is 12.4. The van der Waals surface area contributed by atoms with Crippen molar-refractivity contribution in [1.29, 1.82) is 0 Å². The highest BCUT2D eigenvalue weighted by Gasteiger charge is 2.38. The Morgan fingerprint density at radius 2 is 1.75 bits per heavy atom. The van der Waals surface area contributed by atoms with Crippen molar-refractivity contribution >= 4 is 25.6 Å². The fourth-order valence-electron chi connectivity index (χ4n) is 1.99. The third-order valence-electron chi connectivity index (χ3n) is 4.48. The molecule has 0 heterocycles. The van der Waals surface area contributed by atoms with Gasteiger partial charge in [-0.15, -0.1) is 0 Å². The largest absolute Gasteiger partial charge is 0.543 e. The molecule has 2 aromatic carbocycles. The second kappa shape index (κ2) is 6.69. The van der Waals surface area contributed by atoms with Gasteiger partial charge in [-0.1, -0.05) is 39.0 Å². The number of para-hydroxylation sites is 1. The number of rotatable bonds is 4. The number of nitrogens with one attached hydrogen (secondary N) is 1. The molecular formula is C19H26N2O2Si. The Balaban J connectivity index is 2.17. The molecule has 0 fully saturated rings. The van der Waals surface area contributed by atoms with E-state index in [4.69, 9.17) is 10.2 Å². The summed E-state index contributed by atoms with van der Waals surface area (Å²) in [6.07, 6.45) is 0. The molecule has 0 aromatic heterocycles. The molecule has 0 aliphatic rings. The van der Waals surface area contributed by atoms with Crippen LogP contribution in [0.1, 0.15) is 31.1 Å². The summed E-state index contributed by atoms with van der Waals surface area (Å²) in [6, 6.07) is 14.5. The molecule has 0 spiro atoms. The monoisotopic (exact) mass is 342 g/mol. The summed E-state index contributed by atoms with van der Waals surface area (Å²) in [6.45, 7) is 11.0. The molecule has 2 aromatic rings. The Hall–Kier alpha value is -2.27. The molecule has 0 radical (unpaired) electrons. The second-order valence-corrected chi connectivity index (χ2v) is 12.2. The zero-order valence-electron chi connectivity index (χ0n) is 15.0. The van der Waals surface area contributed by atoms with Crippen LogP contribution >= 0.6 is 0 Å². The molecular weight excluding hydrogens is 316 g/mol. The van der Waals surface area contributed by atoms with Crippen LogP contribution in [0.15, 0.2) is 48.5 Å². The minimum atomic E-state index is -1.91. The van der Waals surface area contributed by atoms with E-state index in [2.05, 4.69) is 39.2 Å². The van der Waals surface area contributed by atoms with Crippen LogP contribution in [0, 0.1) is 0 Å². The summed E-state index contributed by atoms with van der Waals surface area (Å²) in [4.78, 5) is 12.4. The first-order valence-corrected chi connectivity index (χ1v) is 11.0. The van der Waals surface area contributed by atoms with Crippen molar-refractivity contribution in [3.05, 3.63) is 54.1 Å². The van der Waals surface area contributed by atoms with Crippen LogP contribution in [-0.2, 0) is 0 Å². The van der Waals surface area contributed by atoms with Gasteiger partial charge in [0.2, 0.25) is 8.32 Å². The van der Waals surface area contributed by atoms with Gasteiger partial charge >= 0.3 is 0 Å². The lowest BCUT2D eigenvalue weighted by molar-refractivity contribution is 0.102. The van der Waals surface area contributed by atoms with Crippen molar-refractivity contribution in [1.82, 2.24) is 0 Å². The molecule has 0 atom stereocenters. The minimum Gasteiger partial charge on any atom is -0.543 e. The Bertz CT molecular complexity index is 736. The van der Waals surface area contributed by atoms with Crippen LogP contribution < -0.4 is 15.5 Å². The van der Waals surface area contributed by atoms with Gasteiger partial charge in [0.25, 0.3) is 5.91 Å². The molecule has 0 aliphatic carbocycles. The van der Waals surface area contributed by atoms with Gasteiger partial charge in [-0.05, 0) is 42.4 Å². The van der Waals surface area contributed by atoms with E-state index in [0.29, 0.717) is 16.9 Å². The van der Waals surface area contributed by atoms with Crippen molar-refractivity contribution in [2.24, 2.45) is 0 Å². The van der Waals surface area contributed by atoms with Crippen molar-refractivity contribution < 1.29 is 9.22 Å². The molecule has 3 N–H and O–H groups in total. The van der Waals surface area contributed by atoms with Crippen LogP contribution in [0.2, 0.25) is 18.1 Å². The number of carbonyl (C=O) groups excluding carboxylic acids is 1. The summed E-state index contributed by atoms with van der Waals surface area (Å²) in [7, 11) is -1.91. The van der Waals surface area contributed by atoms with Gasteiger partial charge < -0.3 is 15.5 Å². The Kier molecular flexibility index (Phi) is 5.04. The molecule has 4 nitrogen and oxygen atoms in total. The lowest BCUT2D eigenvalue weighted by Crippen LogP contribution is -2.43. The molecule has 0 bridgehead atoms. The summed E-state index contributed by atoms with van der Waals surface area (Å²) in [5.74, 6) is 0.554. The van der Waals surface area contributed by atoms with E-state index in [9.17, 15) is 4.79 Å². The van der Waals surface area contributed by atoms with Crippen LogP contribution in [0.4, 0.5) is 11.4 Å². The van der Waals surface area contributed by atoms with Crippen molar-refractivity contribution in [3.8, 4) is 5.75 Å². The molecule has 0 saturated heterocycles. The van der Waals surface area contributed by atoms with Crippen LogP contribution in [0.3, 0.4) is 0 Å². The van der Waals surface area contributed by atoms with Crippen molar-refractivity contribution in [2.45, 2.75) is 38.9 Å². The summed E-state index contributed by atoms with van der Waals surface area (Å²) < 4.78 is 6.28. The number of amides is 1. The van der Waals surface area contributed by atoms with Crippen LogP contribution in [0.25, 0.3) is 0 Å². The van der Waals surface area contributed by atoms with E-state index >= 15 is 0 Å². The third kappa shape index (κ3) is 4.17. The molecule has 24 heavy (non-hydrogen) atoms. The van der Waals surface area contributed by atoms with Crippen molar-refractivity contribution in [3.63, 3.8) is 0 Å². The standard InChI is InChI=1S/C19H26N2O2Si/c1-19(2,3)24(4,5)23-15-10-8-9-14(13-15)21-18(22)16-11-6-7-12-17(16)20/h6-13H,20H2,1-5H3,(H,21,22). The molecule has 1 amide bonds. The minimum absolute atomic E-state index is 0.116.